The maximum Gasteiger partial charge on any atom is 0.407 e. The second-order valence-corrected chi connectivity index (χ2v) is 12.3. The molecule has 11 nitrogen and oxygen atoms in total. The first-order valence-electron chi connectivity index (χ1n) is 11.1. The highest BCUT2D eigenvalue weighted by atomic mass is 32.2. The summed E-state index contributed by atoms with van der Waals surface area (Å²) in [6.07, 6.45) is 0.388. The minimum absolute atomic E-state index is 0.00348. The molecule has 192 valence electrons. The molecule has 2 aromatic rings. The minimum atomic E-state index is -3.65. The molecule has 3 rings (SSSR count). The van der Waals surface area contributed by atoms with Crippen LogP contribution >= 0.6 is 11.3 Å². The van der Waals surface area contributed by atoms with Crippen LogP contribution in [0, 0.1) is 6.92 Å². The number of ether oxygens (including phenoxy) is 1. The molecule has 0 bridgehead atoms. The van der Waals surface area contributed by atoms with Gasteiger partial charge >= 0.3 is 12.1 Å². The summed E-state index contributed by atoms with van der Waals surface area (Å²) >= 11 is 0.922. The standard InChI is InChI=1S/C22H32N6O5S2/c1-14-18(35(31,32)23-5)34-20(24-14)27(6)19(29)25-15-7-9-17(10-8-15)28-12-11-16(13-28)26-21(30)33-22(2,3)4/h7-10,16,23H,11-13H2,1-6H3,(H,25,29)(H,26,30). The van der Waals surface area contributed by atoms with Crippen LogP contribution in [0.15, 0.2) is 28.5 Å². The third kappa shape index (κ3) is 6.83. The van der Waals surface area contributed by atoms with Crippen molar-refractivity contribution in [1.29, 1.82) is 0 Å². The van der Waals surface area contributed by atoms with Crippen LogP contribution in [0.3, 0.4) is 0 Å². The largest absolute Gasteiger partial charge is 0.444 e. The minimum Gasteiger partial charge on any atom is -0.444 e. The molecule has 1 saturated heterocycles. The Labute approximate surface area is 209 Å². The first kappa shape index (κ1) is 26.7. The molecule has 1 fully saturated rings. The fourth-order valence-electron chi connectivity index (χ4n) is 3.49. The maximum absolute atomic E-state index is 12.7. The predicted molar refractivity (Wildman–Crippen MR) is 137 cm³/mol. The highest BCUT2D eigenvalue weighted by Gasteiger charge is 2.27. The molecule has 0 saturated carbocycles. The highest BCUT2D eigenvalue weighted by molar-refractivity contribution is 7.91. The Morgan fingerprint density at radius 3 is 2.49 bits per heavy atom. The lowest BCUT2D eigenvalue weighted by molar-refractivity contribution is 0.0509. The van der Waals surface area contributed by atoms with Crippen LogP contribution in [-0.2, 0) is 14.8 Å². The number of aromatic nitrogens is 1. The summed E-state index contributed by atoms with van der Waals surface area (Å²) in [5.41, 5.74) is 1.35. The third-order valence-corrected chi connectivity index (χ3v) is 8.50. The first-order valence-corrected chi connectivity index (χ1v) is 13.4. The fraction of sp³-hybridized carbons (Fsp3) is 0.500. The normalized spacial score (nSPS) is 16.2. The molecule has 1 aliphatic rings. The number of carbonyl (C=O) groups excluding carboxylic acids is 2. The van der Waals surface area contributed by atoms with Gasteiger partial charge in [0.15, 0.2) is 9.34 Å². The molecule has 1 aromatic heterocycles. The van der Waals surface area contributed by atoms with Gasteiger partial charge < -0.3 is 20.3 Å². The van der Waals surface area contributed by atoms with E-state index in [4.69, 9.17) is 4.74 Å². The quantitative estimate of drug-likeness (QED) is 0.529. The van der Waals surface area contributed by atoms with Crippen molar-refractivity contribution >= 4 is 50.0 Å². The summed E-state index contributed by atoms with van der Waals surface area (Å²) in [4.78, 5) is 32.4. The van der Waals surface area contributed by atoms with Gasteiger partial charge in [0.25, 0.3) is 10.0 Å². The van der Waals surface area contributed by atoms with E-state index in [0.717, 1.165) is 30.0 Å². The van der Waals surface area contributed by atoms with Crippen molar-refractivity contribution in [2.45, 2.75) is 50.0 Å². The number of urea groups is 1. The number of carbonyl (C=O) groups is 2. The molecular weight excluding hydrogens is 492 g/mol. The van der Waals surface area contributed by atoms with Crippen LogP contribution < -0.4 is 25.2 Å². The Hall–Kier alpha value is -2.90. The molecule has 1 atom stereocenters. The number of nitrogens with one attached hydrogen (secondary N) is 3. The summed E-state index contributed by atoms with van der Waals surface area (Å²) in [5.74, 6) is 0. The SMILES string of the molecule is CNS(=O)(=O)c1sc(N(C)C(=O)Nc2ccc(N3CCC(NC(=O)OC(C)(C)C)C3)cc2)nc1C. The maximum atomic E-state index is 12.7. The van der Waals surface area contributed by atoms with Crippen molar-refractivity contribution in [1.82, 2.24) is 15.0 Å². The molecule has 13 heteroatoms. The van der Waals surface area contributed by atoms with Gasteiger partial charge in [0, 0.05) is 31.5 Å². The van der Waals surface area contributed by atoms with Gasteiger partial charge in [-0.05, 0) is 65.4 Å². The number of rotatable bonds is 6. The van der Waals surface area contributed by atoms with Crippen molar-refractivity contribution in [3.63, 3.8) is 0 Å². The van der Waals surface area contributed by atoms with E-state index in [0.29, 0.717) is 17.9 Å². The van der Waals surface area contributed by atoms with E-state index in [1.807, 2.05) is 32.9 Å². The molecule has 0 radical (unpaired) electrons. The molecule has 0 aliphatic carbocycles. The second-order valence-electron chi connectivity index (χ2n) is 9.19. The number of hydrogen-bond acceptors (Lipinski definition) is 8. The van der Waals surface area contributed by atoms with E-state index in [9.17, 15) is 18.0 Å². The van der Waals surface area contributed by atoms with E-state index in [2.05, 4.69) is 25.2 Å². The van der Waals surface area contributed by atoms with Crippen LogP contribution in [0.1, 0.15) is 32.9 Å². The van der Waals surface area contributed by atoms with Gasteiger partial charge in [-0.25, -0.2) is 27.7 Å². The number of anilines is 3. The molecule has 1 aromatic carbocycles. The zero-order valence-corrected chi connectivity index (χ0v) is 22.3. The van der Waals surface area contributed by atoms with E-state index < -0.39 is 27.7 Å². The number of thiazole rings is 1. The van der Waals surface area contributed by atoms with Crippen molar-refractivity contribution in [3.8, 4) is 0 Å². The van der Waals surface area contributed by atoms with Crippen LogP contribution in [-0.4, -0.2) is 64.4 Å². The average Bonchev–Trinajstić information content (AvgIpc) is 3.39. The Morgan fingerprint density at radius 1 is 1.23 bits per heavy atom. The van der Waals surface area contributed by atoms with E-state index in [1.165, 1.54) is 19.0 Å². The Balaban J connectivity index is 1.57. The van der Waals surface area contributed by atoms with Crippen molar-refractivity contribution in [2.24, 2.45) is 0 Å². The van der Waals surface area contributed by atoms with Gasteiger partial charge in [0.05, 0.1) is 11.7 Å². The molecule has 1 unspecified atom stereocenters. The van der Waals surface area contributed by atoms with Crippen LogP contribution in [0.2, 0.25) is 0 Å². The highest BCUT2D eigenvalue weighted by Crippen LogP contribution is 2.29. The Bertz CT molecular complexity index is 1170. The van der Waals surface area contributed by atoms with Gasteiger partial charge in [-0.15, -0.1) is 0 Å². The monoisotopic (exact) mass is 524 g/mol. The van der Waals surface area contributed by atoms with E-state index >= 15 is 0 Å². The predicted octanol–water partition coefficient (Wildman–Crippen LogP) is 3.13. The fourth-order valence-corrected chi connectivity index (χ4v) is 5.78. The Kier molecular flexibility index (Phi) is 7.92. The zero-order chi connectivity index (χ0) is 26.0. The lowest BCUT2D eigenvalue weighted by Crippen LogP contribution is -2.40. The first-order chi connectivity index (χ1) is 16.3. The molecular formula is C22H32N6O5S2. The van der Waals surface area contributed by atoms with Crippen molar-refractivity contribution < 1.29 is 22.7 Å². The van der Waals surface area contributed by atoms with E-state index in [-0.39, 0.29) is 15.4 Å². The van der Waals surface area contributed by atoms with E-state index in [1.54, 1.807) is 19.1 Å². The number of hydrogen-bond donors (Lipinski definition) is 3. The Morgan fingerprint density at radius 2 is 1.89 bits per heavy atom. The molecule has 2 heterocycles. The molecule has 3 N–H and O–H groups in total. The van der Waals surface area contributed by atoms with Gasteiger partial charge in [-0.3, -0.25) is 4.90 Å². The number of nitrogens with zero attached hydrogens (tertiary/aromatic N) is 3. The van der Waals surface area contributed by atoms with Crippen molar-refractivity contribution in [2.75, 3.05) is 42.3 Å². The summed E-state index contributed by atoms with van der Waals surface area (Å²) in [6.45, 7) is 8.52. The number of aryl methyl sites for hydroxylation is 1. The molecule has 35 heavy (non-hydrogen) atoms. The number of benzene rings is 1. The van der Waals surface area contributed by atoms with Gasteiger partial charge in [-0.1, -0.05) is 11.3 Å². The summed E-state index contributed by atoms with van der Waals surface area (Å²) in [7, 11) is -0.790. The van der Waals surface area contributed by atoms with Gasteiger partial charge in [-0.2, -0.15) is 0 Å². The summed E-state index contributed by atoms with van der Waals surface area (Å²) in [6, 6.07) is 6.94. The molecule has 0 spiro atoms. The van der Waals surface area contributed by atoms with Gasteiger partial charge in [0.1, 0.15) is 5.60 Å². The lowest BCUT2D eigenvalue weighted by Gasteiger charge is -2.22. The number of sulfonamides is 1. The number of alkyl carbamates (subject to hydrolysis) is 1. The van der Waals surface area contributed by atoms with Gasteiger partial charge in [0.2, 0.25) is 0 Å². The van der Waals surface area contributed by atoms with Crippen LogP contribution in [0.5, 0.6) is 0 Å². The molecule has 3 amide bonds. The third-order valence-electron chi connectivity index (χ3n) is 5.24. The van der Waals surface area contributed by atoms with Crippen LogP contribution in [0.4, 0.5) is 26.1 Å². The average molecular weight is 525 g/mol. The van der Waals surface area contributed by atoms with Crippen molar-refractivity contribution in [3.05, 3.63) is 30.0 Å². The van der Waals surface area contributed by atoms with Crippen LogP contribution in [0.25, 0.3) is 0 Å². The summed E-state index contributed by atoms with van der Waals surface area (Å²) in [5, 5.41) is 5.97. The topological polar surface area (TPSA) is 133 Å². The number of amides is 3. The second kappa shape index (κ2) is 10.4. The lowest BCUT2D eigenvalue weighted by atomic mass is 10.2. The smallest absolute Gasteiger partial charge is 0.407 e. The zero-order valence-electron chi connectivity index (χ0n) is 20.7. The molecule has 1 aliphatic heterocycles. The summed E-state index contributed by atoms with van der Waals surface area (Å²) < 4.78 is 31.9.